The third kappa shape index (κ3) is 2.58. The van der Waals surface area contributed by atoms with Crippen LogP contribution in [0.4, 0.5) is 14.5 Å². The van der Waals surface area contributed by atoms with Crippen molar-refractivity contribution in [2.45, 2.75) is 38.5 Å². The number of alkyl halides is 2. The SMILES string of the molecule is Cc1[nH]nc(C(F)F)c1NC(=O)C1CCCc2cccnc21. The monoisotopic (exact) mass is 306 g/mol. The van der Waals surface area contributed by atoms with E-state index in [-0.39, 0.29) is 11.6 Å². The van der Waals surface area contributed by atoms with Gasteiger partial charge in [0.2, 0.25) is 5.91 Å². The molecule has 0 aliphatic heterocycles. The molecule has 0 radical (unpaired) electrons. The van der Waals surface area contributed by atoms with Gasteiger partial charge in [-0.25, -0.2) is 8.78 Å². The minimum absolute atomic E-state index is 0.0723. The van der Waals surface area contributed by atoms with Crippen molar-refractivity contribution < 1.29 is 13.6 Å². The van der Waals surface area contributed by atoms with E-state index >= 15 is 0 Å². The average molecular weight is 306 g/mol. The van der Waals surface area contributed by atoms with Crippen molar-refractivity contribution in [3.8, 4) is 0 Å². The second-order valence-corrected chi connectivity index (χ2v) is 5.39. The van der Waals surface area contributed by atoms with Crippen molar-refractivity contribution in [3.63, 3.8) is 0 Å². The molecule has 1 unspecified atom stereocenters. The molecule has 0 aromatic carbocycles. The van der Waals surface area contributed by atoms with Crippen LogP contribution in [0.3, 0.4) is 0 Å². The summed E-state index contributed by atoms with van der Waals surface area (Å²) in [5.74, 6) is -0.726. The van der Waals surface area contributed by atoms with Crippen molar-refractivity contribution in [3.05, 3.63) is 41.0 Å². The number of pyridine rings is 1. The molecule has 2 heterocycles. The molecular formula is C15H16F2N4O. The topological polar surface area (TPSA) is 70.7 Å². The third-order valence-corrected chi connectivity index (χ3v) is 3.94. The zero-order chi connectivity index (χ0) is 15.7. The quantitative estimate of drug-likeness (QED) is 0.915. The van der Waals surface area contributed by atoms with Crippen LogP contribution in [-0.2, 0) is 11.2 Å². The van der Waals surface area contributed by atoms with E-state index in [0.717, 1.165) is 24.1 Å². The number of carbonyl (C=O) groups is 1. The Labute approximate surface area is 126 Å². The van der Waals surface area contributed by atoms with Crippen molar-refractivity contribution in [2.24, 2.45) is 0 Å². The minimum Gasteiger partial charge on any atom is -0.322 e. The summed E-state index contributed by atoms with van der Waals surface area (Å²) in [4.78, 5) is 16.8. The molecule has 0 fully saturated rings. The zero-order valence-corrected chi connectivity index (χ0v) is 12.1. The van der Waals surface area contributed by atoms with Crippen LogP contribution in [-0.4, -0.2) is 21.1 Å². The number of aryl methyl sites for hydroxylation is 2. The summed E-state index contributed by atoms with van der Waals surface area (Å²) < 4.78 is 25.9. The number of nitrogens with zero attached hydrogens (tertiary/aromatic N) is 2. The smallest absolute Gasteiger partial charge is 0.284 e. The molecular weight excluding hydrogens is 290 g/mol. The van der Waals surface area contributed by atoms with Crippen LogP contribution in [0.1, 0.15) is 47.8 Å². The Morgan fingerprint density at radius 2 is 2.32 bits per heavy atom. The van der Waals surface area contributed by atoms with Crippen LogP contribution in [0.2, 0.25) is 0 Å². The van der Waals surface area contributed by atoms with Gasteiger partial charge in [0.05, 0.1) is 23.0 Å². The molecule has 2 N–H and O–H groups in total. The van der Waals surface area contributed by atoms with Crippen molar-refractivity contribution >= 4 is 11.6 Å². The number of hydrogen-bond acceptors (Lipinski definition) is 3. The highest BCUT2D eigenvalue weighted by atomic mass is 19.3. The van der Waals surface area contributed by atoms with Gasteiger partial charge in [-0.05, 0) is 37.8 Å². The molecule has 1 aliphatic rings. The molecule has 0 bridgehead atoms. The number of halogens is 2. The van der Waals surface area contributed by atoms with Crippen LogP contribution in [0.15, 0.2) is 18.3 Å². The Bertz CT molecular complexity index is 699. The summed E-state index contributed by atoms with van der Waals surface area (Å²) in [6.45, 7) is 1.60. The van der Waals surface area contributed by atoms with E-state index < -0.39 is 18.0 Å². The molecule has 5 nitrogen and oxygen atoms in total. The van der Waals surface area contributed by atoms with Gasteiger partial charge in [0, 0.05) is 6.20 Å². The fraction of sp³-hybridized carbons (Fsp3) is 0.400. The van der Waals surface area contributed by atoms with Gasteiger partial charge in [0.15, 0.2) is 5.69 Å². The highest BCUT2D eigenvalue weighted by Gasteiger charge is 2.29. The van der Waals surface area contributed by atoms with E-state index in [1.807, 2.05) is 12.1 Å². The van der Waals surface area contributed by atoms with E-state index in [4.69, 9.17) is 0 Å². The summed E-state index contributed by atoms with van der Waals surface area (Å²) in [6, 6.07) is 3.80. The normalized spacial score (nSPS) is 17.4. The maximum atomic E-state index is 12.9. The van der Waals surface area contributed by atoms with E-state index in [0.29, 0.717) is 12.1 Å². The molecule has 116 valence electrons. The Kier molecular flexibility index (Phi) is 3.87. The van der Waals surface area contributed by atoms with E-state index in [1.54, 1.807) is 13.1 Å². The summed E-state index contributed by atoms with van der Waals surface area (Å²) in [7, 11) is 0. The maximum Gasteiger partial charge on any atom is 0.284 e. The molecule has 2 aromatic rings. The first-order valence-corrected chi connectivity index (χ1v) is 7.15. The Balaban J connectivity index is 1.86. The van der Waals surface area contributed by atoms with Gasteiger partial charge >= 0.3 is 0 Å². The molecule has 1 atom stereocenters. The Morgan fingerprint density at radius 1 is 1.50 bits per heavy atom. The number of aromatic amines is 1. The summed E-state index contributed by atoms with van der Waals surface area (Å²) >= 11 is 0. The van der Waals surface area contributed by atoms with Crippen LogP contribution < -0.4 is 5.32 Å². The summed E-state index contributed by atoms with van der Waals surface area (Å²) in [5, 5.41) is 8.64. The molecule has 0 saturated carbocycles. The van der Waals surface area contributed by atoms with Crippen LogP contribution in [0.25, 0.3) is 0 Å². The molecule has 7 heteroatoms. The van der Waals surface area contributed by atoms with Crippen molar-refractivity contribution in [1.82, 2.24) is 15.2 Å². The number of nitrogens with one attached hydrogen (secondary N) is 2. The van der Waals surface area contributed by atoms with Gasteiger partial charge in [-0.2, -0.15) is 5.10 Å². The number of anilines is 1. The lowest BCUT2D eigenvalue weighted by molar-refractivity contribution is -0.118. The fourth-order valence-corrected chi connectivity index (χ4v) is 2.84. The van der Waals surface area contributed by atoms with E-state index in [1.165, 1.54) is 0 Å². The Hall–Kier alpha value is -2.31. The third-order valence-electron chi connectivity index (χ3n) is 3.94. The number of rotatable bonds is 3. The van der Waals surface area contributed by atoms with E-state index in [9.17, 15) is 13.6 Å². The lowest BCUT2D eigenvalue weighted by Gasteiger charge is -2.23. The van der Waals surface area contributed by atoms with Crippen molar-refractivity contribution in [2.75, 3.05) is 5.32 Å². The molecule has 22 heavy (non-hydrogen) atoms. The molecule has 1 aliphatic carbocycles. The summed E-state index contributed by atoms with van der Waals surface area (Å²) in [5.41, 5.74) is 1.85. The predicted molar refractivity (Wildman–Crippen MR) is 76.8 cm³/mol. The predicted octanol–water partition coefficient (Wildman–Crippen LogP) is 3.11. The lowest BCUT2D eigenvalue weighted by atomic mass is 9.86. The largest absolute Gasteiger partial charge is 0.322 e. The summed E-state index contributed by atoms with van der Waals surface area (Å²) in [6.07, 6.45) is 1.34. The van der Waals surface area contributed by atoms with E-state index in [2.05, 4.69) is 20.5 Å². The lowest BCUT2D eigenvalue weighted by Crippen LogP contribution is -2.26. The number of hydrogen-bond donors (Lipinski definition) is 2. The molecule has 2 aromatic heterocycles. The Morgan fingerprint density at radius 3 is 3.09 bits per heavy atom. The van der Waals surface area contributed by atoms with Gasteiger partial charge < -0.3 is 5.32 Å². The van der Waals surface area contributed by atoms with Gasteiger partial charge in [0.25, 0.3) is 6.43 Å². The minimum atomic E-state index is -2.74. The first-order chi connectivity index (χ1) is 10.6. The molecule has 0 saturated heterocycles. The van der Waals surface area contributed by atoms with Crippen LogP contribution in [0.5, 0.6) is 0 Å². The standard InChI is InChI=1S/C15H16F2N4O/c1-8-11(13(14(16)17)21-20-8)19-15(22)10-6-2-4-9-5-3-7-18-12(9)10/h3,5,7,10,14H,2,4,6H2,1H3,(H,19,22)(H,20,21). The van der Waals surface area contributed by atoms with Gasteiger partial charge in [-0.1, -0.05) is 6.07 Å². The first kappa shape index (κ1) is 14.6. The number of amides is 1. The molecule has 1 amide bonds. The number of fused-ring (bicyclic) bond motifs is 1. The van der Waals surface area contributed by atoms with Gasteiger partial charge in [-0.15, -0.1) is 0 Å². The molecule has 3 rings (SSSR count). The number of aromatic nitrogens is 3. The average Bonchev–Trinajstić information content (AvgIpc) is 2.88. The zero-order valence-electron chi connectivity index (χ0n) is 12.1. The van der Waals surface area contributed by atoms with Gasteiger partial charge in [0.1, 0.15) is 0 Å². The van der Waals surface area contributed by atoms with Gasteiger partial charge in [-0.3, -0.25) is 14.9 Å². The number of H-pyrrole nitrogens is 1. The number of carbonyl (C=O) groups excluding carboxylic acids is 1. The highest BCUT2D eigenvalue weighted by molar-refractivity contribution is 5.96. The van der Waals surface area contributed by atoms with Crippen LogP contribution >= 0.6 is 0 Å². The van der Waals surface area contributed by atoms with Crippen LogP contribution in [0, 0.1) is 6.92 Å². The second kappa shape index (κ2) is 5.82. The van der Waals surface area contributed by atoms with Crippen molar-refractivity contribution in [1.29, 1.82) is 0 Å². The fourth-order valence-electron chi connectivity index (χ4n) is 2.84. The molecule has 0 spiro atoms. The maximum absolute atomic E-state index is 12.9. The highest BCUT2D eigenvalue weighted by Crippen LogP contribution is 2.33. The second-order valence-electron chi connectivity index (χ2n) is 5.39. The first-order valence-electron chi connectivity index (χ1n) is 7.15.